The number of benzene rings is 2. The van der Waals surface area contributed by atoms with Gasteiger partial charge in [0.05, 0.1) is 18.8 Å². The Balaban J connectivity index is 1.66. The van der Waals surface area contributed by atoms with Gasteiger partial charge in [-0.05, 0) is 43.7 Å². The number of aryl methyl sites for hydroxylation is 1. The minimum absolute atomic E-state index is 0.139. The molecule has 1 unspecified atom stereocenters. The van der Waals surface area contributed by atoms with Gasteiger partial charge in [-0.2, -0.15) is 0 Å². The maximum Gasteiger partial charge on any atom is 0.322 e. The Morgan fingerprint density at radius 1 is 1.00 bits per heavy atom. The highest BCUT2D eigenvalue weighted by atomic mass is 16.3. The van der Waals surface area contributed by atoms with Crippen LogP contribution in [0, 0.1) is 6.92 Å². The first kappa shape index (κ1) is 21.2. The second kappa shape index (κ2) is 10.3. The summed E-state index contributed by atoms with van der Waals surface area (Å²) in [6, 6.07) is 20.6. The normalized spacial score (nSPS) is 11.5. The van der Waals surface area contributed by atoms with Crippen LogP contribution in [0.4, 0.5) is 10.5 Å². The number of urea groups is 1. The zero-order valence-corrected chi connectivity index (χ0v) is 17.3. The van der Waals surface area contributed by atoms with Crippen LogP contribution in [-0.2, 0) is 11.3 Å². The van der Waals surface area contributed by atoms with Gasteiger partial charge in [0.2, 0.25) is 5.91 Å². The van der Waals surface area contributed by atoms with E-state index < -0.39 is 0 Å². The van der Waals surface area contributed by atoms with Crippen molar-refractivity contribution in [2.24, 2.45) is 0 Å². The number of nitrogens with zero attached hydrogens (tertiary/aromatic N) is 1. The van der Waals surface area contributed by atoms with E-state index in [1.165, 1.54) is 0 Å². The van der Waals surface area contributed by atoms with Gasteiger partial charge in [0.25, 0.3) is 0 Å². The Morgan fingerprint density at radius 2 is 1.73 bits per heavy atom. The van der Waals surface area contributed by atoms with Crippen LogP contribution in [0.25, 0.3) is 0 Å². The second-order valence-electron chi connectivity index (χ2n) is 7.18. The minimum Gasteiger partial charge on any atom is -0.467 e. The van der Waals surface area contributed by atoms with Crippen LogP contribution in [0.5, 0.6) is 0 Å². The largest absolute Gasteiger partial charge is 0.467 e. The van der Waals surface area contributed by atoms with Crippen molar-refractivity contribution in [3.63, 3.8) is 0 Å². The molecule has 30 heavy (non-hydrogen) atoms. The first-order chi connectivity index (χ1) is 14.5. The van der Waals surface area contributed by atoms with E-state index in [-0.39, 0.29) is 30.9 Å². The summed E-state index contributed by atoms with van der Waals surface area (Å²) in [4.78, 5) is 27.0. The third kappa shape index (κ3) is 5.98. The average Bonchev–Trinajstić information content (AvgIpc) is 3.28. The molecule has 0 saturated carbocycles. The molecule has 6 nitrogen and oxygen atoms in total. The summed E-state index contributed by atoms with van der Waals surface area (Å²) < 4.78 is 5.23. The number of carbonyl (C=O) groups is 2. The maximum atomic E-state index is 13.0. The lowest BCUT2D eigenvalue weighted by atomic mass is 10.1. The van der Waals surface area contributed by atoms with Crippen LogP contribution in [0.2, 0.25) is 0 Å². The lowest BCUT2D eigenvalue weighted by Crippen LogP contribution is -2.39. The number of anilines is 1. The molecule has 0 saturated heterocycles. The fourth-order valence-corrected chi connectivity index (χ4v) is 3.12. The molecule has 0 bridgehead atoms. The van der Waals surface area contributed by atoms with Gasteiger partial charge in [-0.1, -0.05) is 48.0 Å². The fourth-order valence-electron chi connectivity index (χ4n) is 3.12. The number of carbonyl (C=O) groups excluding carboxylic acids is 2. The van der Waals surface area contributed by atoms with Gasteiger partial charge in [0.15, 0.2) is 0 Å². The zero-order valence-electron chi connectivity index (χ0n) is 17.3. The van der Waals surface area contributed by atoms with E-state index in [1.54, 1.807) is 23.3 Å². The topological polar surface area (TPSA) is 74.6 Å². The predicted molar refractivity (Wildman–Crippen MR) is 117 cm³/mol. The Bertz CT molecular complexity index is 938. The molecule has 3 aromatic rings. The molecule has 2 N–H and O–H groups in total. The highest BCUT2D eigenvalue weighted by Gasteiger charge is 2.22. The molecule has 1 aromatic heterocycles. The van der Waals surface area contributed by atoms with E-state index in [2.05, 4.69) is 10.6 Å². The third-order valence-corrected chi connectivity index (χ3v) is 4.93. The summed E-state index contributed by atoms with van der Waals surface area (Å²) in [6.07, 6.45) is 1.76. The molecule has 0 spiro atoms. The van der Waals surface area contributed by atoms with Gasteiger partial charge in [0, 0.05) is 18.7 Å². The fraction of sp³-hybridized carbons (Fsp3) is 0.250. The SMILES string of the molecule is Cc1ccc(NC(=O)N(CCC(=O)NCc2ccco2)C(C)c2ccccc2)cc1. The molecule has 0 aliphatic rings. The van der Waals surface area contributed by atoms with Crippen molar-refractivity contribution in [1.82, 2.24) is 10.2 Å². The van der Waals surface area contributed by atoms with Gasteiger partial charge < -0.3 is 20.0 Å². The molecule has 3 rings (SSSR count). The number of hydrogen-bond acceptors (Lipinski definition) is 3. The van der Waals surface area contributed by atoms with Gasteiger partial charge in [-0.3, -0.25) is 4.79 Å². The van der Waals surface area contributed by atoms with Crippen LogP contribution >= 0.6 is 0 Å². The lowest BCUT2D eigenvalue weighted by Gasteiger charge is -2.29. The standard InChI is InChI=1S/C24H27N3O3/c1-18-10-12-21(13-11-18)26-24(29)27(19(2)20-7-4-3-5-8-20)15-14-23(28)25-17-22-9-6-16-30-22/h3-13,16,19H,14-15,17H2,1-2H3,(H,25,28)(H,26,29). The van der Waals surface area contributed by atoms with E-state index in [0.717, 1.165) is 16.8 Å². The van der Waals surface area contributed by atoms with Crippen LogP contribution in [0.15, 0.2) is 77.4 Å². The maximum absolute atomic E-state index is 13.0. The van der Waals surface area contributed by atoms with Gasteiger partial charge in [0.1, 0.15) is 5.76 Å². The Morgan fingerprint density at radius 3 is 2.40 bits per heavy atom. The Kier molecular flexibility index (Phi) is 7.27. The summed E-state index contributed by atoms with van der Waals surface area (Å²) in [5.41, 5.74) is 2.85. The number of furan rings is 1. The van der Waals surface area contributed by atoms with Crippen molar-refractivity contribution in [2.45, 2.75) is 32.9 Å². The van der Waals surface area contributed by atoms with Crippen molar-refractivity contribution in [3.05, 3.63) is 89.9 Å². The molecule has 0 aliphatic heterocycles. The quantitative estimate of drug-likeness (QED) is 0.560. The first-order valence-electron chi connectivity index (χ1n) is 10.0. The van der Waals surface area contributed by atoms with E-state index in [0.29, 0.717) is 12.3 Å². The summed E-state index contributed by atoms with van der Waals surface area (Å²) in [5.74, 6) is 0.551. The van der Waals surface area contributed by atoms with E-state index in [9.17, 15) is 9.59 Å². The Labute approximate surface area is 176 Å². The van der Waals surface area contributed by atoms with Crippen LogP contribution in [0.3, 0.4) is 0 Å². The Hall–Kier alpha value is -3.54. The van der Waals surface area contributed by atoms with Gasteiger partial charge >= 0.3 is 6.03 Å². The summed E-state index contributed by atoms with van der Waals surface area (Å²) in [6.45, 7) is 4.58. The average molecular weight is 405 g/mol. The van der Waals surface area contributed by atoms with Crippen molar-refractivity contribution in [3.8, 4) is 0 Å². The number of hydrogen-bond donors (Lipinski definition) is 2. The molecule has 2 aromatic carbocycles. The van der Waals surface area contributed by atoms with E-state index in [1.807, 2.05) is 68.4 Å². The summed E-state index contributed by atoms with van der Waals surface area (Å²) >= 11 is 0. The molecule has 1 atom stereocenters. The molecular formula is C24H27N3O3. The molecular weight excluding hydrogens is 378 g/mol. The van der Waals surface area contributed by atoms with E-state index >= 15 is 0 Å². The molecule has 1 heterocycles. The minimum atomic E-state index is -0.242. The number of nitrogens with one attached hydrogen (secondary N) is 2. The smallest absolute Gasteiger partial charge is 0.322 e. The molecule has 3 amide bonds. The zero-order chi connectivity index (χ0) is 21.3. The van der Waals surface area contributed by atoms with Crippen molar-refractivity contribution >= 4 is 17.6 Å². The lowest BCUT2D eigenvalue weighted by molar-refractivity contribution is -0.121. The van der Waals surface area contributed by atoms with Crippen molar-refractivity contribution in [1.29, 1.82) is 0 Å². The van der Waals surface area contributed by atoms with Gasteiger partial charge in [-0.15, -0.1) is 0 Å². The van der Waals surface area contributed by atoms with E-state index in [4.69, 9.17) is 4.42 Å². The van der Waals surface area contributed by atoms with Crippen molar-refractivity contribution in [2.75, 3.05) is 11.9 Å². The molecule has 0 fully saturated rings. The molecule has 0 radical (unpaired) electrons. The van der Waals surface area contributed by atoms with Crippen LogP contribution < -0.4 is 10.6 Å². The summed E-state index contributed by atoms with van der Waals surface area (Å²) in [5, 5.41) is 5.76. The highest BCUT2D eigenvalue weighted by molar-refractivity contribution is 5.90. The first-order valence-corrected chi connectivity index (χ1v) is 10.0. The van der Waals surface area contributed by atoms with Crippen LogP contribution in [-0.4, -0.2) is 23.4 Å². The number of rotatable bonds is 8. The molecule has 156 valence electrons. The van der Waals surface area contributed by atoms with Crippen LogP contribution in [0.1, 0.15) is 36.3 Å². The van der Waals surface area contributed by atoms with Crippen molar-refractivity contribution < 1.29 is 14.0 Å². The molecule has 0 aliphatic carbocycles. The van der Waals surface area contributed by atoms with Gasteiger partial charge in [-0.25, -0.2) is 4.79 Å². The second-order valence-corrected chi connectivity index (χ2v) is 7.18. The highest BCUT2D eigenvalue weighted by Crippen LogP contribution is 2.22. The third-order valence-electron chi connectivity index (χ3n) is 4.93. The summed E-state index contributed by atoms with van der Waals surface area (Å²) in [7, 11) is 0. The monoisotopic (exact) mass is 405 g/mol. The molecule has 6 heteroatoms. The number of amides is 3. The predicted octanol–water partition coefficient (Wildman–Crippen LogP) is 4.89.